The summed E-state index contributed by atoms with van der Waals surface area (Å²) < 4.78 is 62.0. The Bertz CT molecular complexity index is 1670. The highest BCUT2D eigenvalue weighted by molar-refractivity contribution is 7.61. The number of hydrogen-bond donors (Lipinski definition) is 9. The van der Waals surface area contributed by atoms with Crippen LogP contribution >= 0.6 is 23.5 Å². The monoisotopic (exact) mass is 791 g/mol. The van der Waals surface area contributed by atoms with E-state index in [4.69, 9.17) is 19.5 Å². The first-order chi connectivity index (χ1) is 23.4. The number of aromatic nitrogens is 4. The molecule has 8 unspecified atom stereocenters. The fraction of sp³-hybridized carbons (Fsp3) is 0.720. The average molecular weight is 792 g/mol. The van der Waals surface area contributed by atoms with Gasteiger partial charge in [-0.2, -0.15) is 4.31 Å². The molecule has 51 heavy (non-hydrogen) atoms. The molecular weight excluding hydrogens is 747 g/mol. The maximum Gasteiger partial charge on any atom is 0.481 e. The Labute approximate surface area is 291 Å². The number of aliphatic hydroxyl groups excluding tert-OH is 2. The van der Waals surface area contributed by atoms with Gasteiger partial charge in [0.25, 0.3) is 0 Å². The minimum atomic E-state index is -5.54. The molecular formula is C25H44N7O16P3. The van der Waals surface area contributed by atoms with Crippen LogP contribution in [0.5, 0.6) is 0 Å². The first-order valence-electron chi connectivity index (χ1n) is 15.3. The van der Waals surface area contributed by atoms with Crippen molar-refractivity contribution >= 4 is 52.3 Å². The second kappa shape index (κ2) is 17.1. The molecule has 2 amide bonds. The minimum Gasteiger partial charge on any atom is -0.386 e. The van der Waals surface area contributed by atoms with Crippen molar-refractivity contribution in [2.24, 2.45) is 17.3 Å². The van der Waals surface area contributed by atoms with E-state index < -0.39 is 78.6 Å². The minimum absolute atomic E-state index is 0.0345. The fourth-order valence-corrected chi connectivity index (χ4v) is 7.28. The molecule has 0 saturated carbocycles. The molecule has 10 N–H and O–H groups in total. The van der Waals surface area contributed by atoms with Crippen molar-refractivity contribution in [2.45, 2.75) is 71.7 Å². The Hall–Kier alpha value is -2.46. The number of nitrogens with two attached hydrogens (primary N) is 1. The van der Waals surface area contributed by atoms with Crippen LogP contribution < -0.4 is 16.4 Å². The molecule has 2 aromatic heterocycles. The van der Waals surface area contributed by atoms with Gasteiger partial charge in [0.05, 0.1) is 19.5 Å². The van der Waals surface area contributed by atoms with Gasteiger partial charge in [0.15, 0.2) is 17.7 Å². The predicted octanol–water partition coefficient (Wildman–Crippen LogP) is -0.303. The molecule has 0 spiro atoms. The van der Waals surface area contributed by atoms with Gasteiger partial charge in [0.1, 0.15) is 36.3 Å². The molecule has 1 saturated heterocycles. The van der Waals surface area contributed by atoms with Crippen LogP contribution in [0.15, 0.2) is 12.7 Å². The number of hydrogen-bond acceptors (Lipinski definition) is 16. The Morgan fingerprint density at radius 3 is 2.33 bits per heavy atom. The van der Waals surface area contributed by atoms with Gasteiger partial charge in [-0.05, 0) is 11.8 Å². The van der Waals surface area contributed by atoms with Crippen LogP contribution in [0.3, 0.4) is 0 Å². The SMILES string of the molecule is CC(C)C(C)CNC(=O)CCNC(=O)C(O)C(C)(C)COP(=O)(O)OP(=O)(O)OCC1OC(n2cnc3c(N)ncnc32)C(O)C1OP(=O)(O)O. The van der Waals surface area contributed by atoms with Crippen molar-refractivity contribution in [3.63, 3.8) is 0 Å². The summed E-state index contributed by atoms with van der Waals surface area (Å²) in [6.07, 6.45) is -6.70. The van der Waals surface area contributed by atoms with E-state index in [0.29, 0.717) is 12.5 Å². The topological polar surface area (TPSA) is 347 Å². The predicted molar refractivity (Wildman–Crippen MR) is 174 cm³/mol. The van der Waals surface area contributed by atoms with E-state index in [2.05, 4.69) is 34.4 Å². The summed E-state index contributed by atoms with van der Waals surface area (Å²) in [5, 5.41) is 26.5. The number of carbonyl (C=O) groups excluding carboxylic acids is 2. The fourth-order valence-electron chi connectivity index (χ4n) is 4.45. The van der Waals surface area contributed by atoms with E-state index in [1.807, 2.05) is 20.8 Å². The summed E-state index contributed by atoms with van der Waals surface area (Å²) in [7, 11) is -16.3. The van der Waals surface area contributed by atoms with Crippen LogP contribution in [0, 0.1) is 17.3 Å². The lowest BCUT2D eigenvalue weighted by atomic mass is 9.87. The Morgan fingerprint density at radius 2 is 1.71 bits per heavy atom. The second-order valence-electron chi connectivity index (χ2n) is 12.7. The lowest BCUT2D eigenvalue weighted by Gasteiger charge is -2.30. The summed E-state index contributed by atoms with van der Waals surface area (Å²) in [4.78, 5) is 75.3. The van der Waals surface area contributed by atoms with E-state index in [1.54, 1.807) is 0 Å². The van der Waals surface area contributed by atoms with E-state index >= 15 is 0 Å². The molecule has 0 aliphatic carbocycles. The van der Waals surface area contributed by atoms with Crippen LogP contribution in [0.1, 0.15) is 47.3 Å². The molecule has 0 aromatic carbocycles. The van der Waals surface area contributed by atoms with E-state index in [0.717, 1.165) is 17.2 Å². The van der Waals surface area contributed by atoms with Crippen LogP contribution in [0.2, 0.25) is 0 Å². The van der Waals surface area contributed by atoms with Gasteiger partial charge in [-0.3, -0.25) is 27.7 Å². The molecule has 2 aromatic rings. The average Bonchev–Trinajstić information content (AvgIpc) is 3.57. The van der Waals surface area contributed by atoms with Gasteiger partial charge < -0.3 is 50.9 Å². The zero-order valence-electron chi connectivity index (χ0n) is 28.2. The van der Waals surface area contributed by atoms with Crippen molar-refractivity contribution in [1.82, 2.24) is 30.2 Å². The highest BCUT2D eigenvalue weighted by atomic mass is 31.3. The molecule has 0 radical (unpaired) electrons. The third-order valence-electron chi connectivity index (χ3n) is 7.84. The number of aliphatic hydroxyl groups is 2. The van der Waals surface area contributed by atoms with Crippen LogP contribution in [-0.2, 0) is 45.9 Å². The standard InChI is InChI=1S/C25H44N7O16P3/c1-13(2)14(3)8-28-16(33)6-7-27-23(36)20(35)25(4,5)10-45-51(42,43)48-50(40,41)44-9-15-19(47-49(37,38)39)18(34)24(46-15)32-12-31-17-21(26)29-11-30-22(17)32/h11-15,18-20,24,34-35H,6-10H2,1-5H3,(H,27,36)(H,28,33)(H,40,41)(H,42,43)(H2,26,29,30)(H2,37,38,39). The summed E-state index contributed by atoms with van der Waals surface area (Å²) in [6.45, 7) is 6.92. The van der Waals surface area contributed by atoms with E-state index in [-0.39, 0.29) is 41.8 Å². The largest absolute Gasteiger partial charge is 0.481 e. The first kappa shape index (κ1) is 42.9. The smallest absolute Gasteiger partial charge is 0.386 e. The summed E-state index contributed by atoms with van der Waals surface area (Å²) in [5.41, 5.74) is 4.31. The van der Waals surface area contributed by atoms with E-state index in [1.165, 1.54) is 13.8 Å². The van der Waals surface area contributed by atoms with Crippen molar-refractivity contribution in [3.8, 4) is 0 Å². The van der Waals surface area contributed by atoms with Crippen LogP contribution in [0.25, 0.3) is 11.2 Å². The van der Waals surface area contributed by atoms with Crippen LogP contribution in [0.4, 0.5) is 5.82 Å². The molecule has 1 aliphatic rings. The van der Waals surface area contributed by atoms with Crippen LogP contribution in [-0.4, -0.2) is 112 Å². The van der Waals surface area contributed by atoms with Gasteiger partial charge in [0.2, 0.25) is 11.8 Å². The number of amides is 2. The number of imidazole rings is 1. The quantitative estimate of drug-likeness (QED) is 0.0824. The highest BCUT2D eigenvalue weighted by Crippen LogP contribution is 2.61. The molecule has 1 aliphatic heterocycles. The number of nitrogens with zero attached hydrogens (tertiary/aromatic N) is 4. The molecule has 8 atom stereocenters. The van der Waals surface area contributed by atoms with Gasteiger partial charge in [-0.15, -0.1) is 0 Å². The molecule has 23 nitrogen and oxygen atoms in total. The van der Waals surface area contributed by atoms with Gasteiger partial charge in [-0.25, -0.2) is 28.6 Å². The number of nitrogens with one attached hydrogen (secondary N) is 2. The third kappa shape index (κ3) is 12.3. The van der Waals surface area contributed by atoms with Crippen molar-refractivity contribution in [3.05, 3.63) is 12.7 Å². The maximum absolute atomic E-state index is 12.6. The van der Waals surface area contributed by atoms with Gasteiger partial charge in [-0.1, -0.05) is 34.6 Å². The molecule has 3 rings (SSSR count). The molecule has 290 valence electrons. The Kier molecular flexibility index (Phi) is 14.4. The molecule has 0 bridgehead atoms. The van der Waals surface area contributed by atoms with Crippen molar-refractivity contribution < 1.29 is 75.7 Å². The number of phosphoric acid groups is 3. The number of ether oxygens (including phenoxy) is 1. The lowest BCUT2D eigenvalue weighted by Crippen LogP contribution is -2.46. The second-order valence-corrected chi connectivity index (χ2v) is 17.0. The highest BCUT2D eigenvalue weighted by Gasteiger charge is 2.50. The first-order valence-corrected chi connectivity index (χ1v) is 19.8. The molecule has 3 heterocycles. The number of phosphoric ester groups is 3. The van der Waals surface area contributed by atoms with Gasteiger partial charge >= 0.3 is 23.5 Å². The normalized spacial score (nSPS) is 23.5. The number of anilines is 1. The van der Waals surface area contributed by atoms with Crippen molar-refractivity contribution in [1.29, 1.82) is 0 Å². The van der Waals surface area contributed by atoms with E-state index in [9.17, 15) is 53.1 Å². The summed E-state index contributed by atoms with van der Waals surface area (Å²) >= 11 is 0. The number of rotatable bonds is 19. The Morgan fingerprint density at radius 1 is 1.06 bits per heavy atom. The lowest BCUT2D eigenvalue weighted by molar-refractivity contribution is -0.137. The summed E-state index contributed by atoms with van der Waals surface area (Å²) in [6, 6.07) is 0. The van der Waals surface area contributed by atoms with Crippen molar-refractivity contribution in [2.75, 3.05) is 32.0 Å². The molecule has 1 fully saturated rings. The molecule has 26 heteroatoms. The zero-order chi connectivity index (χ0) is 38.5. The number of fused-ring (bicyclic) bond motifs is 1. The third-order valence-corrected chi connectivity index (χ3v) is 10.9. The zero-order valence-corrected chi connectivity index (χ0v) is 30.9. The Balaban J connectivity index is 1.57. The maximum atomic E-state index is 12.6. The number of nitrogen functional groups attached to an aromatic ring is 1. The number of carbonyl (C=O) groups is 2. The van der Waals surface area contributed by atoms with Gasteiger partial charge in [0, 0.05) is 24.9 Å². The summed E-state index contributed by atoms with van der Waals surface area (Å²) in [5.74, 6) is -0.689.